The van der Waals surface area contributed by atoms with Crippen molar-refractivity contribution in [3.05, 3.63) is 96.0 Å². The van der Waals surface area contributed by atoms with E-state index in [1.54, 1.807) is 11.1 Å². The van der Waals surface area contributed by atoms with Gasteiger partial charge in [-0.3, -0.25) is 9.78 Å². The molecular weight excluding hydrogens is 550 g/mol. The number of anilines is 2. The zero-order chi connectivity index (χ0) is 30.3. The third-order valence-corrected chi connectivity index (χ3v) is 9.29. The second kappa shape index (κ2) is 11.3. The molecule has 44 heavy (non-hydrogen) atoms. The molecule has 4 heterocycles. The molecule has 1 spiro atoms. The van der Waals surface area contributed by atoms with Crippen LogP contribution >= 0.6 is 0 Å². The van der Waals surface area contributed by atoms with E-state index in [0.29, 0.717) is 32.2 Å². The van der Waals surface area contributed by atoms with Gasteiger partial charge in [0.05, 0.1) is 36.5 Å². The summed E-state index contributed by atoms with van der Waals surface area (Å²) in [5, 5.41) is 12.1. The van der Waals surface area contributed by atoms with Crippen molar-refractivity contribution in [1.29, 1.82) is 5.26 Å². The number of piperazine rings is 1. The van der Waals surface area contributed by atoms with E-state index >= 15 is 0 Å². The van der Waals surface area contributed by atoms with Gasteiger partial charge < -0.3 is 19.4 Å². The van der Waals surface area contributed by atoms with Crippen LogP contribution in [0, 0.1) is 18.3 Å². The van der Waals surface area contributed by atoms with Crippen LogP contribution in [0.25, 0.3) is 10.8 Å². The fraction of sp³-hybridized carbons (Fsp3) is 0.343. The summed E-state index contributed by atoms with van der Waals surface area (Å²) in [6, 6.07) is 21.1. The number of benzene rings is 2. The molecule has 4 aromatic rings. The van der Waals surface area contributed by atoms with Gasteiger partial charge in [-0.1, -0.05) is 43.0 Å². The van der Waals surface area contributed by atoms with Gasteiger partial charge in [0.2, 0.25) is 5.91 Å². The highest BCUT2D eigenvalue weighted by Crippen LogP contribution is 2.53. The molecule has 0 N–H and O–H groups in total. The minimum Gasteiger partial charge on any atom is -0.457 e. The normalized spacial score (nSPS) is 18.5. The summed E-state index contributed by atoms with van der Waals surface area (Å²) in [4.78, 5) is 33.5. The zero-order valence-corrected chi connectivity index (χ0v) is 24.9. The number of rotatable bonds is 7. The number of hydrogen-bond donors (Lipinski definition) is 0. The summed E-state index contributed by atoms with van der Waals surface area (Å²) in [7, 11) is 0. The summed E-state index contributed by atoms with van der Waals surface area (Å²) >= 11 is 0. The Morgan fingerprint density at radius 2 is 1.98 bits per heavy atom. The van der Waals surface area contributed by atoms with Gasteiger partial charge >= 0.3 is 6.01 Å². The summed E-state index contributed by atoms with van der Waals surface area (Å²) in [5.41, 5.74) is 5.40. The average Bonchev–Trinajstić information content (AvgIpc) is 3.82. The molecule has 9 heteroatoms. The minimum atomic E-state index is -0.253. The van der Waals surface area contributed by atoms with Crippen molar-refractivity contribution in [1.82, 2.24) is 19.9 Å². The lowest BCUT2D eigenvalue weighted by Gasteiger charge is -2.44. The topological polar surface area (TPSA) is 98.5 Å². The number of pyridine rings is 1. The summed E-state index contributed by atoms with van der Waals surface area (Å²) < 4.78 is 6.18. The maximum absolute atomic E-state index is 12.6. The monoisotopic (exact) mass is 585 g/mol. The molecule has 2 fully saturated rings. The Bertz CT molecular complexity index is 1770. The number of carbonyl (C=O) groups is 1. The van der Waals surface area contributed by atoms with Crippen LogP contribution in [0.15, 0.2) is 73.4 Å². The Labute approximate surface area is 257 Å². The minimum absolute atomic E-state index is 0.00465. The van der Waals surface area contributed by atoms with Crippen LogP contribution in [0.4, 0.5) is 11.5 Å². The number of nitrogens with zero attached hydrogens (tertiary/aromatic N) is 7. The lowest BCUT2D eigenvalue weighted by atomic mass is 9.92. The van der Waals surface area contributed by atoms with E-state index in [2.05, 4.69) is 70.8 Å². The third-order valence-electron chi connectivity index (χ3n) is 9.29. The largest absolute Gasteiger partial charge is 0.457 e. The SMILES string of the molecule is C=CC(=O)N1CCN(c2nc(OCc3ccccn3)nc3c2CC2(CC2)N(c2cccc4cccc(C)c24)C3)C[C@@H]1CC#N. The molecular formula is C35H35N7O2. The first-order valence-electron chi connectivity index (χ1n) is 15.2. The standard InChI is InChI=1S/C35H35N7O2/c1-3-31(43)41-19-18-40(21-27(41)13-16-36)33-28-20-35(14-15-35)42(30-12-7-10-25-9-6-8-24(2)32(25)30)22-29(28)38-34(39-33)44-23-26-11-4-5-17-37-26/h3-12,17,27H,1,13-15,18-23H2,2H3/t27-/m0/s1. The molecule has 3 aliphatic rings. The molecule has 1 saturated heterocycles. The van der Waals surface area contributed by atoms with Gasteiger partial charge in [0.15, 0.2) is 0 Å². The van der Waals surface area contributed by atoms with Crippen molar-refractivity contribution in [3.8, 4) is 12.1 Å². The summed E-state index contributed by atoms with van der Waals surface area (Å²) in [6.45, 7) is 8.36. The second-order valence-electron chi connectivity index (χ2n) is 12.0. The molecule has 0 bridgehead atoms. The van der Waals surface area contributed by atoms with Gasteiger partial charge in [0.1, 0.15) is 12.4 Å². The Kier molecular flexibility index (Phi) is 7.13. The fourth-order valence-corrected chi connectivity index (χ4v) is 6.89. The second-order valence-corrected chi connectivity index (χ2v) is 12.0. The predicted octanol–water partition coefficient (Wildman–Crippen LogP) is 5.12. The van der Waals surface area contributed by atoms with Crippen molar-refractivity contribution in [2.75, 3.05) is 29.4 Å². The molecule has 2 aromatic carbocycles. The van der Waals surface area contributed by atoms with Crippen LogP contribution in [0.3, 0.4) is 0 Å². The highest BCUT2D eigenvalue weighted by molar-refractivity contribution is 5.97. The van der Waals surface area contributed by atoms with E-state index in [4.69, 9.17) is 14.7 Å². The van der Waals surface area contributed by atoms with Gasteiger partial charge in [-0.05, 0) is 55.0 Å². The lowest BCUT2D eigenvalue weighted by molar-refractivity contribution is -0.128. The molecule has 9 nitrogen and oxygen atoms in total. The highest BCUT2D eigenvalue weighted by Gasteiger charge is 2.52. The van der Waals surface area contributed by atoms with Gasteiger partial charge in [0.25, 0.3) is 0 Å². The van der Waals surface area contributed by atoms with Crippen LogP contribution in [0.1, 0.15) is 41.8 Å². The first-order valence-corrected chi connectivity index (χ1v) is 15.2. The Hall–Kier alpha value is -4.97. The van der Waals surface area contributed by atoms with Crippen LogP contribution in [0.5, 0.6) is 6.01 Å². The lowest BCUT2D eigenvalue weighted by Crippen LogP contribution is -2.55. The Balaban J connectivity index is 1.29. The molecule has 0 unspecified atom stereocenters. The van der Waals surface area contributed by atoms with E-state index < -0.39 is 0 Å². The van der Waals surface area contributed by atoms with E-state index in [1.165, 1.54) is 28.1 Å². The molecule has 1 saturated carbocycles. The molecule has 0 radical (unpaired) electrons. The Morgan fingerprint density at radius 1 is 1.14 bits per heavy atom. The van der Waals surface area contributed by atoms with Crippen LogP contribution in [-0.4, -0.2) is 57.0 Å². The predicted molar refractivity (Wildman–Crippen MR) is 169 cm³/mol. The van der Waals surface area contributed by atoms with Crippen LogP contribution < -0.4 is 14.5 Å². The molecule has 7 rings (SSSR count). The van der Waals surface area contributed by atoms with Gasteiger partial charge in [0, 0.05) is 54.4 Å². The number of ether oxygens (including phenoxy) is 1. The van der Waals surface area contributed by atoms with Gasteiger partial charge in [-0.2, -0.15) is 15.2 Å². The van der Waals surface area contributed by atoms with E-state index in [1.807, 2.05) is 18.2 Å². The van der Waals surface area contributed by atoms with Crippen molar-refractivity contribution >= 4 is 28.2 Å². The van der Waals surface area contributed by atoms with Crippen LogP contribution in [-0.2, 0) is 24.4 Å². The number of fused-ring (bicyclic) bond motifs is 2. The average molecular weight is 586 g/mol. The quantitative estimate of drug-likeness (QED) is 0.276. The summed E-state index contributed by atoms with van der Waals surface area (Å²) in [6.07, 6.45) is 6.35. The first kappa shape index (κ1) is 27.8. The zero-order valence-electron chi connectivity index (χ0n) is 24.9. The Morgan fingerprint density at radius 3 is 2.73 bits per heavy atom. The number of nitriles is 1. The van der Waals surface area contributed by atoms with Crippen molar-refractivity contribution in [2.45, 2.75) is 57.3 Å². The van der Waals surface area contributed by atoms with E-state index in [-0.39, 0.29) is 30.5 Å². The maximum Gasteiger partial charge on any atom is 0.319 e. The molecule has 222 valence electrons. The van der Waals surface area contributed by atoms with E-state index in [0.717, 1.165) is 42.0 Å². The highest BCUT2D eigenvalue weighted by atomic mass is 16.5. The van der Waals surface area contributed by atoms with Gasteiger partial charge in [-0.25, -0.2) is 0 Å². The van der Waals surface area contributed by atoms with Crippen molar-refractivity contribution < 1.29 is 9.53 Å². The third kappa shape index (κ3) is 5.00. The van der Waals surface area contributed by atoms with E-state index in [9.17, 15) is 10.1 Å². The molecule has 2 aliphatic heterocycles. The smallest absolute Gasteiger partial charge is 0.319 e. The van der Waals surface area contributed by atoms with Crippen LogP contribution in [0.2, 0.25) is 0 Å². The first-order chi connectivity index (χ1) is 21.5. The number of aryl methyl sites for hydroxylation is 1. The molecule has 1 atom stereocenters. The number of amides is 1. The number of hydrogen-bond acceptors (Lipinski definition) is 8. The molecule has 1 amide bonds. The number of aromatic nitrogens is 3. The molecule has 2 aromatic heterocycles. The van der Waals surface area contributed by atoms with Crippen molar-refractivity contribution in [2.24, 2.45) is 0 Å². The summed E-state index contributed by atoms with van der Waals surface area (Å²) in [5.74, 6) is 0.701. The van der Waals surface area contributed by atoms with Crippen molar-refractivity contribution in [3.63, 3.8) is 0 Å². The number of carbonyl (C=O) groups excluding carboxylic acids is 1. The molecule has 1 aliphatic carbocycles. The van der Waals surface area contributed by atoms with Gasteiger partial charge in [-0.15, -0.1) is 0 Å². The maximum atomic E-state index is 12.6. The fourth-order valence-electron chi connectivity index (χ4n) is 6.89.